The number of hydrogen-bond acceptors (Lipinski definition) is 6. The second-order valence-electron chi connectivity index (χ2n) is 5.50. The number of para-hydroxylation sites is 2. The molecule has 7 heteroatoms. The molecule has 0 unspecified atom stereocenters. The number of anilines is 1. The lowest BCUT2D eigenvalue weighted by molar-refractivity contribution is -0.142. The lowest BCUT2D eigenvalue weighted by Gasteiger charge is -2.11. The molecular formula is C21H20N2O5. The number of esters is 1. The predicted octanol–water partition coefficient (Wildman–Crippen LogP) is 3.18. The minimum Gasteiger partial charge on any atom is -0.497 e. The van der Waals surface area contributed by atoms with Crippen LogP contribution in [0.25, 0.3) is 6.08 Å². The van der Waals surface area contributed by atoms with Crippen LogP contribution in [0.15, 0.2) is 54.1 Å². The van der Waals surface area contributed by atoms with Gasteiger partial charge >= 0.3 is 5.97 Å². The summed E-state index contributed by atoms with van der Waals surface area (Å²) in [5, 5.41) is 11.8. The number of nitrogens with zero attached hydrogens (tertiary/aromatic N) is 1. The number of carbonyl (C=O) groups is 2. The van der Waals surface area contributed by atoms with Crippen molar-refractivity contribution in [3.8, 4) is 17.6 Å². The van der Waals surface area contributed by atoms with Gasteiger partial charge in [-0.05, 0) is 42.8 Å². The Kier molecular flexibility index (Phi) is 7.61. The zero-order chi connectivity index (χ0) is 20.4. The summed E-state index contributed by atoms with van der Waals surface area (Å²) >= 11 is 0. The van der Waals surface area contributed by atoms with Gasteiger partial charge < -0.3 is 19.5 Å². The molecule has 2 aromatic carbocycles. The van der Waals surface area contributed by atoms with Crippen molar-refractivity contribution in [3.05, 3.63) is 59.7 Å². The lowest BCUT2D eigenvalue weighted by Crippen LogP contribution is -2.21. The minimum absolute atomic E-state index is 0.215. The first kappa shape index (κ1) is 20.5. The number of carbonyl (C=O) groups excluding carboxylic acids is 2. The maximum atomic E-state index is 12.1. The molecule has 0 saturated heterocycles. The second kappa shape index (κ2) is 10.4. The summed E-state index contributed by atoms with van der Waals surface area (Å²) in [6.07, 6.45) is 1.38. The van der Waals surface area contributed by atoms with Crippen LogP contribution in [-0.4, -0.2) is 32.2 Å². The molecule has 2 aromatic rings. The van der Waals surface area contributed by atoms with Crippen molar-refractivity contribution in [3.63, 3.8) is 0 Å². The second-order valence-corrected chi connectivity index (χ2v) is 5.50. The fourth-order valence-electron chi connectivity index (χ4n) is 2.25. The quantitative estimate of drug-likeness (QED) is 0.429. The number of amides is 1. The van der Waals surface area contributed by atoms with Gasteiger partial charge in [-0.1, -0.05) is 24.3 Å². The molecule has 0 fully saturated rings. The predicted molar refractivity (Wildman–Crippen MR) is 104 cm³/mol. The number of rotatable bonds is 8. The number of nitrogens with one attached hydrogen (secondary N) is 1. The van der Waals surface area contributed by atoms with Crippen molar-refractivity contribution in [2.45, 2.75) is 6.92 Å². The Morgan fingerprint density at radius 1 is 1.14 bits per heavy atom. The topological polar surface area (TPSA) is 97.6 Å². The third-order valence-corrected chi connectivity index (χ3v) is 3.56. The van der Waals surface area contributed by atoms with E-state index in [-0.39, 0.29) is 5.57 Å². The Morgan fingerprint density at radius 2 is 1.86 bits per heavy atom. The van der Waals surface area contributed by atoms with Crippen molar-refractivity contribution in [2.75, 3.05) is 25.6 Å². The highest BCUT2D eigenvalue weighted by Crippen LogP contribution is 2.23. The van der Waals surface area contributed by atoms with Gasteiger partial charge in [0, 0.05) is 0 Å². The first-order chi connectivity index (χ1) is 13.6. The minimum atomic E-state index is -0.883. The standard InChI is InChI=1S/C21H20N2O5/c1-3-27-19-7-5-4-6-18(19)23-20(24)14-28-21(25)16(13-22)12-15-8-10-17(26-2)11-9-15/h4-12H,3,14H2,1-2H3,(H,23,24)/b16-12+. The Hall–Kier alpha value is -3.79. The van der Waals surface area contributed by atoms with E-state index in [0.29, 0.717) is 29.4 Å². The van der Waals surface area contributed by atoms with E-state index in [4.69, 9.17) is 14.2 Å². The van der Waals surface area contributed by atoms with Crippen LogP contribution in [0, 0.1) is 11.3 Å². The van der Waals surface area contributed by atoms with E-state index in [1.165, 1.54) is 6.08 Å². The fraction of sp³-hybridized carbons (Fsp3) is 0.190. The van der Waals surface area contributed by atoms with Crippen LogP contribution in [0.5, 0.6) is 11.5 Å². The monoisotopic (exact) mass is 380 g/mol. The molecule has 28 heavy (non-hydrogen) atoms. The molecule has 0 atom stereocenters. The summed E-state index contributed by atoms with van der Waals surface area (Å²) in [7, 11) is 1.54. The molecular weight excluding hydrogens is 360 g/mol. The number of hydrogen-bond donors (Lipinski definition) is 1. The number of methoxy groups -OCH3 is 1. The van der Waals surface area contributed by atoms with E-state index in [1.54, 1.807) is 61.7 Å². The number of nitriles is 1. The van der Waals surface area contributed by atoms with Crippen LogP contribution >= 0.6 is 0 Å². The summed E-state index contributed by atoms with van der Waals surface area (Å²) in [6, 6.07) is 15.5. The SMILES string of the molecule is CCOc1ccccc1NC(=O)COC(=O)/C(C#N)=C/c1ccc(OC)cc1. The van der Waals surface area contributed by atoms with Crippen LogP contribution in [0.4, 0.5) is 5.69 Å². The molecule has 7 nitrogen and oxygen atoms in total. The van der Waals surface area contributed by atoms with Crippen molar-refractivity contribution in [2.24, 2.45) is 0 Å². The van der Waals surface area contributed by atoms with Gasteiger partial charge in [0.1, 0.15) is 23.1 Å². The highest BCUT2D eigenvalue weighted by atomic mass is 16.5. The van der Waals surface area contributed by atoms with Crippen LogP contribution in [-0.2, 0) is 14.3 Å². The van der Waals surface area contributed by atoms with Gasteiger partial charge in [0.25, 0.3) is 5.91 Å². The number of benzene rings is 2. The van der Waals surface area contributed by atoms with Crippen molar-refractivity contribution >= 4 is 23.6 Å². The Balaban J connectivity index is 1.96. The Bertz CT molecular complexity index is 898. The number of ether oxygens (including phenoxy) is 3. The van der Waals surface area contributed by atoms with E-state index >= 15 is 0 Å². The fourth-order valence-corrected chi connectivity index (χ4v) is 2.25. The molecule has 0 aromatic heterocycles. The smallest absolute Gasteiger partial charge is 0.349 e. The Morgan fingerprint density at radius 3 is 2.50 bits per heavy atom. The van der Waals surface area contributed by atoms with Gasteiger partial charge in [0.15, 0.2) is 6.61 Å². The Labute approximate surface area is 163 Å². The van der Waals surface area contributed by atoms with Crippen LogP contribution in [0.3, 0.4) is 0 Å². The average molecular weight is 380 g/mol. The van der Waals surface area contributed by atoms with Crippen molar-refractivity contribution < 1.29 is 23.8 Å². The van der Waals surface area contributed by atoms with Gasteiger partial charge in [-0.15, -0.1) is 0 Å². The van der Waals surface area contributed by atoms with Crippen LogP contribution in [0.2, 0.25) is 0 Å². The third-order valence-electron chi connectivity index (χ3n) is 3.56. The molecule has 144 valence electrons. The summed E-state index contributed by atoms with van der Waals surface area (Å²) in [5.74, 6) is -0.252. The molecule has 1 N–H and O–H groups in total. The zero-order valence-electron chi connectivity index (χ0n) is 15.6. The van der Waals surface area contributed by atoms with Crippen molar-refractivity contribution in [1.29, 1.82) is 5.26 Å². The molecule has 0 aliphatic heterocycles. The van der Waals surface area contributed by atoms with E-state index in [9.17, 15) is 14.9 Å². The molecule has 1 amide bonds. The lowest BCUT2D eigenvalue weighted by atomic mass is 10.1. The molecule has 0 spiro atoms. The van der Waals surface area contributed by atoms with Crippen molar-refractivity contribution in [1.82, 2.24) is 0 Å². The molecule has 0 bridgehead atoms. The maximum absolute atomic E-state index is 12.1. The van der Waals surface area contributed by atoms with Crippen LogP contribution in [0.1, 0.15) is 12.5 Å². The highest BCUT2D eigenvalue weighted by molar-refractivity contribution is 6.00. The van der Waals surface area contributed by atoms with Gasteiger partial charge in [0.2, 0.25) is 0 Å². The molecule has 0 aliphatic rings. The largest absolute Gasteiger partial charge is 0.497 e. The average Bonchev–Trinajstić information content (AvgIpc) is 2.72. The van der Waals surface area contributed by atoms with Gasteiger partial charge in [-0.3, -0.25) is 4.79 Å². The molecule has 2 rings (SSSR count). The normalized spacial score (nSPS) is 10.5. The van der Waals surface area contributed by atoms with Gasteiger partial charge in [-0.2, -0.15) is 5.26 Å². The first-order valence-corrected chi connectivity index (χ1v) is 8.52. The third kappa shape index (κ3) is 5.88. The van der Waals surface area contributed by atoms with Gasteiger partial charge in [-0.25, -0.2) is 4.79 Å². The molecule has 0 heterocycles. The van der Waals surface area contributed by atoms with E-state index in [2.05, 4.69) is 5.32 Å². The first-order valence-electron chi connectivity index (χ1n) is 8.52. The maximum Gasteiger partial charge on any atom is 0.349 e. The van der Waals surface area contributed by atoms with Gasteiger partial charge in [0.05, 0.1) is 19.4 Å². The summed E-state index contributed by atoms with van der Waals surface area (Å²) in [6.45, 7) is 1.75. The summed E-state index contributed by atoms with van der Waals surface area (Å²) < 4.78 is 15.4. The van der Waals surface area contributed by atoms with E-state index in [0.717, 1.165) is 0 Å². The summed E-state index contributed by atoms with van der Waals surface area (Å²) in [5.41, 5.74) is 0.886. The molecule has 0 aliphatic carbocycles. The molecule has 0 radical (unpaired) electrons. The summed E-state index contributed by atoms with van der Waals surface area (Å²) in [4.78, 5) is 24.1. The van der Waals surface area contributed by atoms with Crippen LogP contribution < -0.4 is 14.8 Å². The van der Waals surface area contributed by atoms with E-state index < -0.39 is 18.5 Å². The molecule has 0 saturated carbocycles. The zero-order valence-corrected chi connectivity index (χ0v) is 15.6. The van der Waals surface area contributed by atoms with E-state index in [1.807, 2.05) is 6.92 Å². The highest BCUT2D eigenvalue weighted by Gasteiger charge is 2.14.